The van der Waals surface area contributed by atoms with Crippen molar-refractivity contribution in [1.29, 1.82) is 0 Å². The number of rotatable bonds is 5. The lowest BCUT2D eigenvalue weighted by Gasteiger charge is -2.26. The molecule has 2 aromatic rings. The third kappa shape index (κ3) is 4.20. The summed E-state index contributed by atoms with van der Waals surface area (Å²) in [6.07, 6.45) is 0. The van der Waals surface area contributed by atoms with Gasteiger partial charge in [0.1, 0.15) is 12.3 Å². The van der Waals surface area contributed by atoms with E-state index in [2.05, 4.69) is 41.9 Å². The zero-order valence-corrected chi connectivity index (χ0v) is 20.2. The third-order valence-electron chi connectivity index (χ3n) is 6.06. The van der Waals surface area contributed by atoms with E-state index in [1.807, 2.05) is 18.2 Å². The van der Waals surface area contributed by atoms with Crippen LogP contribution in [0, 0.1) is 0 Å². The van der Waals surface area contributed by atoms with E-state index in [1.165, 1.54) is 7.11 Å². The van der Waals surface area contributed by atoms with Crippen LogP contribution in [0.4, 0.5) is 11.4 Å². The molecule has 0 saturated carbocycles. The summed E-state index contributed by atoms with van der Waals surface area (Å²) in [6.45, 7) is 5.02. The van der Waals surface area contributed by atoms with Gasteiger partial charge in [0.2, 0.25) is 0 Å². The molecular formula is C24H24BrN5O4. The van der Waals surface area contributed by atoms with Gasteiger partial charge < -0.3 is 25.5 Å². The lowest BCUT2D eigenvalue weighted by Crippen LogP contribution is -2.44. The lowest BCUT2D eigenvalue weighted by atomic mass is 10.0. The van der Waals surface area contributed by atoms with Crippen LogP contribution in [-0.2, 0) is 14.4 Å². The average Bonchev–Trinajstić information content (AvgIpc) is 3.38. The molecule has 3 heterocycles. The Morgan fingerprint density at radius 1 is 1.15 bits per heavy atom. The number of methoxy groups -OCH3 is 1. The van der Waals surface area contributed by atoms with E-state index in [4.69, 9.17) is 9.57 Å². The highest BCUT2D eigenvalue weighted by Crippen LogP contribution is 2.42. The zero-order valence-electron chi connectivity index (χ0n) is 18.6. The number of oxime groups is 1. The van der Waals surface area contributed by atoms with Crippen molar-refractivity contribution in [2.45, 2.75) is 0 Å². The van der Waals surface area contributed by atoms with Gasteiger partial charge in [-0.2, -0.15) is 0 Å². The van der Waals surface area contributed by atoms with Crippen molar-refractivity contribution in [3.05, 3.63) is 63.3 Å². The summed E-state index contributed by atoms with van der Waals surface area (Å²) in [5.41, 5.74) is 4.74. The first-order chi connectivity index (χ1) is 16.6. The van der Waals surface area contributed by atoms with Crippen LogP contribution >= 0.6 is 15.9 Å². The Bertz CT molecular complexity index is 1220. The number of para-hydroxylation sites is 1. The number of halogens is 1. The van der Waals surface area contributed by atoms with Gasteiger partial charge in [0.25, 0.3) is 5.91 Å². The van der Waals surface area contributed by atoms with Crippen LogP contribution in [0.1, 0.15) is 21.5 Å². The molecule has 9 nitrogen and oxygen atoms in total. The van der Waals surface area contributed by atoms with Crippen LogP contribution in [0.15, 0.2) is 51.7 Å². The van der Waals surface area contributed by atoms with Crippen LogP contribution in [0.3, 0.4) is 0 Å². The van der Waals surface area contributed by atoms with Gasteiger partial charge in [-0.1, -0.05) is 17.3 Å². The number of hydrogen-bond acceptors (Lipinski definition) is 8. The van der Waals surface area contributed by atoms with Gasteiger partial charge in [0.15, 0.2) is 0 Å². The number of anilines is 2. The summed E-state index contributed by atoms with van der Waals surface area (Å²) < 4.78 is 5.67. The number of fused-ring (bicyclic) bond motifs is 2. The van der Waals surface area contributed by atoms with E-state index >= 15 is 0 Å². The maximum absolute atomic E-state index is 13.0. The van der Waals surface area contributed by atoms with E-state index in [-0.39, 0.29) is 5.91 Å². The Labute approximate surface area is 205 Å². The summed E-state index contributed by atoms with van der Waals surface area (Å²) in [5.74, 6) is -0.685. The minimum absolute atomic E-state index is 0.237. The molecule has 176 valence electrons. The van der Waals surface area contributed by atoms with Crippen molar-refractivity contribution >= 4 is 50.5 Å². The average molecular weight is 526 g/mol. The Morgan fingerprint density at radius 2 is 1.97 bits per heavy atom. The molecule has 2 aromatic carbocycles. The molecule has 1 amide bonds. The number of carbonyl (C=O) groups is 2. The molecule has 0 unspecified atom stereocenters. The smallest absolute Gasteiger partial charge is 0.337 e. The predicted molar refractivity (Wildman–Crippen MR) is 133 cm³/mol. The number of nitrogens with one attached hydrogen (secondary N) is 3. The van der Waals surface area contributed by atoms with Gasteiger partial charge in [-0.05, 0) is 40.2 Å². The van der Waals surface area contributed by atoms with Gasteiger partial charge in [-0.3, -0.25) is 9.69 Å². The summed E-state index contributed by atoms with van der Waals surface area (Å²) in [7, 11) is 1.34. The number of carbonyl (C=O) groups excluding carboxylic acids is 2. The highest BCUT2D eigenvalue weighted by Gasteiger charge is 2.35. The first kappa shape index (κ1) is 22.6. The molecule has 0 spiro atoms. The SMILES string of the molecule is COC(=O)c1ccc2c(c1)C(=N\OCCN1CCNCC1)/C(=C1/C(=O)Nc3c(Br)cccc31)N2. The molecule has 5 rings (SSSR count). The monoisotopic (exact) mass is 525 g/mol. The van der Waals surface area contributed by atoms with Crippen LogP contribution in [0.5, 0.6) is 0 Å². The van der Waals surface area contributed by atoms with E-state index in [9.17, 15) is 9.59 Å². The first-order valence-electron chi connectivity index (χ1n) is 11.0. The van der Waals surface area contributed by atoms with Gasteiger partial charge in [-0.25, -0.2) is 4.79 Å². The summed E-state index contributed by atoms with van der Waals surface area (Å²) in [4.78, 5) is 33.2. The summed E-state index contributed by atoms with van der Waals surface area (Å²) in [6, 6.07) is 10.8. The third-order valence-corrected chi connectivity index (χ3v) is 6.72. The van der Waals surface area contributed by atoms with Crippen LogP contribution in [-0.4, -0.2) is 68.9 Å². The Morgan fingerprint density at radius 3 is 2.76 bits per heavy atom. The molecular weight excluding hydrogens is 502 g/mol. The van der Waals surface area contributed by atoms with Gasteiger partial charge >= 0.3 is 5.97 Å². The van der Waals surface area contributed by atoms with Gasteiger partial charge in [0, 0.05) is 54.0 Å². The standard InChI is InChI=1S/C24H24BrN5O4/c1-33-24(32)14-5-6-18-16(13-14)21(29-34-12-11-30-9-7-26-8-10-30)22(27-18)19-15-3-2-4-17(25)20(15)28-23(19)31/h2-6,13,26-27H,7-12H2,1H3,(H,28,31)/b22-19-,29-21+. The number of ether oxygens (including phenoxy) is 1. The van der Waals surface area contributed by atoms with E-state index in [1.54, 1.807) is 18.2 Å². The van der Waals surface area contributed by atoms with Crippen molar-refractivity contribution < 1.29 is 19.2 Å². The second-order valence-corrected chi connectivity index (χ2v) is 8.96. The second kappa shape index (κ2) is 9.57. The highest BCUT2D eigenvalue weighted by atomic mass is 79.9. The minimum Gasteiger partial charge on any atom is -0.465 e. The maximum Gasteiger partial charge on any atom is 0.337 e. The summed E-state index contributed by atoms with van der Waals surface area (Å²) >= 11 is 3.50. The molecule has 1 saturated heterocycles. The largest absolute Gasteiger partial charge is 0.465 e. The van der Waals surface area contributed by atoms with E-state index in [0.717, 1.165) is 48.4 Å². The Balaban J connectivity index is 1.52. The lowest BCUT2D eigenvalue weighted by molar-refractivity contribution is -0.110. The molecule has 3 aliphatic rings. The number of hydrogen-bond donors (Lipinski definition) is 3. The molecule has 3 aliphatic heterocycles. The molecule has 1 fully saturated rings. The molecule has 10 heteroatoms. The molecule has 0 radical (unpaired) electrons. The van der Waals surface area contributed by atoms with Gasteiger partial charge in [-0.15, -0.1) is 0 Å². The van der Waals surface area contributed by atoms with Gasteiger partial charge in [0.05, 0.1) is 29.6 Å². The Hall–Kier alpha value is -3.21. The van der Waals surface area contributed by atoms with Crippen molar-refractivity contribution in [3.8, 4) is 0 Å². The predicted octanol–water partition coefficient (Wildman–Crippen LogP) is 2.65. The van der Waals surface area contributed by atoms with Crippen molar-refractivity contribution in [2.24, 2.45) is 5.16 Å². The molecule has 0 aromatic heterocycles. The maximum atomic E-state index is 13.0. The highest BCUT2D eigenvalue weighted by molar-refractivity contribution is 9.10. The summed E-state index contributed by atoms with van der Waals surface area (Å²) in [5, 5.41) is 14.0. The molecule has 0 aliphatic carbocycles. The number of amides is 1. The van der Waals surface area contributed by atoms with Crippen molar-refractivity contribution in [3.63, 3.8) is 0 Å². The quantitative estimate of drug-likeness (QED) is 0.238. The molecule has 0 atom stereocenters. The van der Waals surface area contributed by atoms with E-state index in [0.29, 0.717) is 40.4 Å². The fourth-order valence-corrected chi connectivity index (χ4v) is 4.78. The fourth-order valence-electron chi connectivity index (χ4n) is 4.32. The van der Waals surface area contributed by atoms with Crippen molar-refractivity contribution in [1.82, 2.24) is 10.2 Å². The van der Waals surface area contributed by atoms with E-state index < -0.39 is 5.97 Å². The second-order valence-electron chi connectivity index (χ2n) is 8.11. The van der Waals surface area contributed by atoms with Crippen LogP contribution < -0.4 is 16.0 Å². The number of piperazine rings is 1. The first-order valence-corrected chi connectivity index (χ1v) is 11.8. The van der Waals surface area contributed by atoms with Crippen LogP contribution in [0.2, 0.25) is 0 Å². The number of esters is 1. The number of allylic oxidation sites excluding steroid dienone is 1. The molecule has 0 bridgehead atoms. The topological polar surface area (TPSA) is 104 Å². The molecule has 34 heavy (non-hydrogen) atoms. The fraction of sp³-hybridized carbons (Fsp3) is 0.292. The van der Waals surface area contributed by atoms with Crippen molar-refractivity contribution in [2.75, 3.05) is 57.1 Å². The zero-order chi connectivity index (χ0) is 23.7. The molecule has 3 N–H and O–H groups in total. The minimum atomic E-state index is -0.448. The normalized spacial score (nSPS) is 20.5. The number of benzene rings is 2. The number of nitrogens with zero attached hydrogens (tertiary/aromatic N) is 2. The Kier molecular flexibility index (Phi) is 6.36. The van der Waals surface area contributed by atoms with Crippen LogP contribution in [0.25, 0.3) is 5.57 Å².